The van der Waals surface area contributed by atoms with Crippen molar-refractivity contribution in [2.75, 3.05) is 18.9 Å². The summed E-state index contributed by atoms with van der Waals surface area (Å²) >= 11 is 12.0. The van der Waals surface area contributed by atoms with E-state index in [1.54, 1.807) is 23.2 Å². The normalized spacial score (nSPS) is 18.8. The monoisotopic (exact) mass is 450 g/mol. The minimum absolute atomic E-state index is 0.0663. The summed E-state index contributed by atoms with van der Waals surface area (Å²) in [6, 6.07) is 5.47. The molecule has 1 fully saturated rings. The molecule has 4 rings (SSSR count). The molecule has 3 heterocycles. The van der Waals surface area contributed by atoms with Gasteiger partial charge < -0.3 is 15.0 Å². The third kappa shape index (κ3) is 3.48. The van der Waals surface area contributed by atoms with Crippen molar-refractivity contribution in [1.29, 1.82) is 0 Å². The average molecular weight is 451 g/mol. The summed E-state index contributed by atoms with van der Waals surface area (Å²) in [4.78, 5) is 34.4. The van der Waals surface area contributed by atoms with Crippen LogP contribution < -0.4 is 11.0 Å². The SMILES string of the molecule is CCC1(Cn2c(=O)n(C)c3ccc(Nc4nc(Cl)ncc4Cl)cc32)CN(C)C(=O)O1. The number of carbonyl (C=O) groups is 1. The van der Waals surface area contributed by atoms with Crippen LogP contribution in [-0.2, 0) is 18.3 Å². The number of aryl methyl sites for hydroxylation is 1. The second-order valence-electron chi connectivity index (χ2n) is 7.35. The molecular formula is C19H20Cl2N6O3. The summed E-state index contributed by atoms with van der Waals surface area (Å²) in [5.41, 5.74) is 1.16. The molecule has 1 N–H and O–H groups in total. The van der Waals surface area contributed by atoms with Crippen LogP contribution in [0.25, 0.3) is 11.0 Å². The molecule has 0 radical (unpaired) electrons. The number of fused-ring (bicyclic) bond motifs is 1. The van der Waals surface area contributed by atoms with E-state index in [-0.39, 0.29) is 23.6 Å². The van der Waals surface area contributed by atoms with Gasteiger partial charge in [0.2, 0.25) is 5.28 Å². The molecule has 2 aromatic heterocycles. The Labute approximate surface area is 182 Å². The number of halogens is 2. The van der Waals surface area contributed by atoms with Crippen molar-refractivity contribution in [2.45, 2.75) is 25.5 Å². The molecule has 1 atom stereocenters. The van der Waals surface area contributed by atoms with Crippen LogP contribution in [0.5, 0.6) is 0 Å². The first kappa shape index (κ1) is 20.5. The molecule has 158 valence electrons. The highest BCUT2D eigenvalue weighted by Crippen LogP contribution is 2.30. The zero-order valence-corrected chi connectivity index (χ0v) is 18.2. The van der Waals surface area contributed by atoms with E-state index in [0.717, 1.165) is 5.52 Å². The Morgan fingerprint density at radius 3 is 2.67 bits per heavy atom. The summed E-state index contributed by atoms with van der Waals surface area (Å²) in [5, 5.41) is 3.49. The second kappa shape index (κ2) is 7.48. The molecule has 1 saturated heterocycles. The number of imidazole rings is 1. The molecule has 0 aliphatic carbocycles. The van der Waals surface area contributed by atoms with Crippen molar-refractivity contribution in [3.8, 4) is 0 Å². The lowest BCUT2D eigenvalue weighted by molar-refractivity contribution is 0.0391. The van der Waals surface area contributed by atoms with Crippen LogP contribution in [-0.4, -0.2) is 49.3 Å². The first-order valence-corrected chi connectivity index (χ1v) is 10.1. The number of rotatable bonds is 5. The van der Waals surface area contributed by atoms with E-state index in [1.807, 2.05) is 25.1 Å². The van der Waals surface area contributed by atoms with Crippen LogP contribution in [0.1, 0.15) is 13.3 Å². The van der Waals surface area contributed by atoms with Gasteiger partial charge in [-0.05, 0) is 36.2 Å². The van der Waals surface area contributed by atoms with Crippen molar-refractivity contribution >= 4 is 51.8 Å². The van der Waals surface area contributed by atoms with E-state index in [0.29, 0.717) is 35.0 Å². The Morgan fingerprint density at radius 1 is 1.23 bits per heavy atom. The van der Waals surface area contributed by atoms with Crippen LogP contribution in [0.2, 0.25) is 10.3 Å². The minimum Gasteiger partial charge on any atom is -0.439 e. The maximum absolute atomic E-state index is 13.0. The third-order valence-electron chi connectivity index (χ3n) is 5.35. The van der Waals surface area contributed by atoms with Crippen molar-refractivity contribution < 1.29 is 9.53 Å². The zero-order chi connectivity index (χ0) is 21.6. The maximum atomic E-state index is 13.0. The van der Waals surface area contributed by atoms with E-state index < -0.39 is 5.60 Å². The summed E-state index contributed by atoms with van der Waals surface area (Å²) in [6.45, 7) is 2.61. The van der Waals surface area contributed by atoms with Gasteiger partial charge in [-0.25, -0.2) is 14.6 Å². The zero-order valence-electron chi connectivity index (χ0n) is 16.6. The highest BCUT2D eigenvalue weighted by atomic mass is 35.5. The smallest absolute Gasteiger partial charge is 0.410 e. The number of amides is 1. The third-order valence-corrected chi connectivity index (χ3v) is 5.81. The molecule has 1 aliphatic heterocycles. The highest BCUT2D eigenvalue weighted by Gasteiger charge is 2.43. The highest BCUT2D eigenvalue weighted by molar-refractivity contribution is 6.33. The summed E-state index contributed by atoms with van der Waals surface area (Å²) in [7, 11) is 3.39. The molecule has 1 aliphatic rings. The van der Waals surface area contributed by atoms with Gasteiger partial charge in [0.1, 0.15) is 10.6 Å². The number of nitrogens with zero attached hydrogens (tertiary/aromatic N) is 5. The summed E-state index contributed by atoms with van der Waals surface area (Å²) in [6.07, 6.45) is 1.60. The van der Waals surface area contributed by atoms with Gasteiger partial charge >= 0.3 is 11.8 Å². The lowest BCUT2D eigenvalue weighted by Gasteiger charge is -2.25. The number of carbonyl (C=O) groups excluding carboxylic acids is 1. The standard InChI is InChI=1S/C19H20Cl2N6O3/c1-4-19(9-25(2)18(29)30-19)10-27-14-7-11(5-6-13(14)26(3)17(27)28)23-15-12(20)8-22-16(21)24-15/h5-8H,4,9-10H2,1-3H3,(H,22,23,24). The number of likely N-dealkylation sites (N-methyl/N-ethyl adjacent to an activating group) is 1. The largest absolute Gasteiger partial charge is 0.439 e. The van der Waals surface area contributed by atoms with Crippen LogP contribution in [0.3, 0.4) is 0 Å². The number of hydrogen-bond acceptors (Lipinski definition) is 6. The molecule has 9 nitrogen and oxygen atoms in total. The molecule has 11 heteroatoms. The molecular weight excluding hydrogens is 431 g/mol. The van der Waals surface area contributed by atoms with Gasteiger partial charge in [0.15, 0.2) is 5.82 Å². The lowest BCUT2D eigenvalue weighted by Crippen LogP contribution is -2.41. The van der Waals surface area contributed by atoms with Crippen molar-refractivity contribution in [1.82, 2.24) is 24.0 Å². The van der Waals surface area contributed by atoms with Crippen molar-refractivity contribution in [2.24, 2.45) is 7.05 Å². The number of aromatic nitrogens is 4. The van der Waals surface area contributed by atoms with E-state index in [9.17, 15) is 9.59 Å². The first-order valence-electron chi connectivity index (χ1n) is 9.31. The minimum atomic E-state index is -0.767. The second-order valence-corrected chi connectivity index (χ2v) is 8.10. The molecule has 3 aromatic rings. The molecule has 0 saturated carbocycles. The Hall–Kier alpha value is -2.78. The van der Waals surface area contributed by atoms with E-state index in [4.69, 9.17) is 27.9 Å². The Kier molecular flexibility index (Phi) is 5.11. The average Bonchev–Trinajstić information content (AvgIpc) is 3.13. The number of cyclic esters (lactones) is 1. The lowest BCUT2D eigenvalue weighted by atomic mass is 10.0. The van der Waals surface area contributed by atoms with Gasteiger partial charge in [0.05, 0.1) is 30.3 Å². The van der Waals surface area contributed by atoms with E-state index >= 15 is 0 Å². The summed E-state index contributed by atoms with van der Waals surface area (Å²) in [5.74, 6) is 0.359. The fraction of sp³-hybridized carbons (Fsp3) is 0.368. The Balaban J connectivity index is 1.76. The Morgan fingerprint density at radius 2 is 2.00 bits per heavy atom. The number of hydrogen-bond donors (Lipinski definition) is 1. The number of anilines is 2. The van der Waals surface area contributed by atoms with Crippen molar-refractivity contribution in [3.63, 3.8) is 0 Å². The predicted octanol–water partition coefficient (Wildman–Crippen LogP) is 3.41. The quantitative estimate of drug-likeness (QED) is 0.598. The molecule has 0 bridgehead atoms. The molecule has 1 amide bonds. The Bertz CT molecular complexity index is 1210. The van der Waals surface area contributed by atoms with Gasteiger partial charge in [0, 0.05) is 19.8 Å². The first-order chi connectivity index (χ1) is 14.2. The van der Waals surface area contributed by atoms with Crippen LogP contribution >= 0.6 is 23.2 Å². The van der Waals surface area contributed by atoms with Crippen molar-refractivity contribution in [3.05, 3.63) is 45.2 Å². The van der Waals surface area contributed by atoms with Crippen LogP contribution in [0.4, 0.5) is 16.3 Å². The van der Waals surface area contributed by atoms with Crippen LogP contribution in [0, 0.1) is 0 Å². The molecule has 1 unspecified atom stereocenters. The van der Waals surface area contributed by atoms with Gasteiger partial charge in [-0.1, -0.05) is 18.5 Å². The van der Waals surface area contributed by atoms with Gasteiger partial charge in [-0.15, -0.1) is 0 Å². The van der Waals surface area contributed by atoms with E-state index in [1.165, 1.54) is 11.1 Å². The van der Waals surface area contributed by atoms with Crippen LogP contribution in [0.15, 0.2) is 29.2 Å². The predicted molar refractivity (Wildman–Crippen MR) is 115 cm³/mol. The fourth-order valence-electron chi connectivity index (χ4n) is 3.67. The number of benzene rings is 1. The topological polar surface area (TPSA) is 94.3 Å². The van der Waals surface area contributed by atoms with Gasteiger partial charge in [-0.2, -0.15) is 4.98 Å². The fourth-order valence-corrected chi connectivity index (χ4v) is 3.94. The number of nitrogens with one attached hydrogen (secondary N) is 1. The van der Waals surface area contributed by atoms with Gasteiger partial charge in [0.25, 0.3) is 0 Å². The molecule has 0 spiro atoms. The summed E-state index contributed by atoms with van der Waals surface area (Å²) < 4.78 is 8.83. The maximum Gasteiger partial charge on any atom is 0.410 e. The molecule has 1 aromatic carbocycles. The van der Waals surface area contributed by atoms with Gasteiger partial charge in [-0.3, -0.25) is 9.13 Å². The molecule has 30 heavy (non-hydrogen) atoms. The van der Waals surface area contributed by atoms with E-state index in [2.05, 4.69) is 15.3 Å². The number of ether oxygens (including phenoxy) is 1.